The van der Waals surface area contributed by atoms with Gasteiger partial charge < -0.3 is 19.0 Å². The summed E-state index contributed by atoms with van der Waals surface area (Å²) in [6, 6.07) is 67.7. The Morgan fingerprint density at radius 3 is 1.75 bits per heavy atom. The number of anilines is 6. The van der Waals surface area contributed by atoms with E-state index in [1.165, 1.54) is 11.1 Å². The zero-order valence-corrected chi connectivity index (χ0v) is 28.2. The predicted octanol–water partition coefficient (Wildman–Crippen LogP) is 14.0. The molecule has 0 saturated heterocycles. The van der Waals surface area contributed by atoms with Gasteiger partial charge in [-0.2, -0.15) is 0 Å². The second-order valence-electron chi connectivity index (χ2n) is 13.0. The average molecular weight is 669 g/mol. The molecule has 4 heteroatoms. The lowest BCUT2D eigenvalue weighted by molar-refractivity contribution is 0.477. The first-order valence-electron chi connectivity index (χ1n) is 17.5. The van der Waals surface area contributed by atoms with Crippen molar-refractivity contribution in [3.05, 3.63) is 194 Å². The van der Waals surface area contributed by atoms with Crippen LogP contribution in [0.1, 0.15) is 0 Å². The van der Waals surface area contributed by atoms with Crippen LogP contribution < -0.4 is 14.5 Å². The summed E-state index contributed by atoms with van der Waals surface area (Å²) in [5, 5.41) is 2.20. The number of furan rings is 1. The maximum atomic E-state index is 6.55. The highest BCUT2D eigenvalue weighted by atomic mass is 16.5. The molecule has 10 rings (SSSR count). The minimum absolute atomic E-state index is 0.820. The molecule has 1 aliphatic rings. The lowest BCUT2D eigenvalue weighted by Gasteiger charge is -2.33. The van der Waals surface area contributed by atoms with Crippen molar-refractivity contribution in [2.75, 3.05) is 9.80 Å². The van der Waals surface area contributed by atoms with Crippen molar-refractivity contribution in [2.24, 2.45) is 0 Å². The third kappa shape index (κ3) is 5.09. The minimum Gasteiger partial charge on any atom is -0.454 e. The number of hydrogen-bond donors (Lipinski definition) is 0. The zero-order valence-electron chi connectivity index (χ0n) is 28.2. The molecule has 246 valence electrons. The van der Waals surface area contributed by atoms with Crippen LogP contribution in [0.25, 0.3) is 44.2 Å². The standard InChI is InChI=1S/C48H32N2O2/c1-3-12-33(13-4-1)34-22-27-38(28-23-34)49(44-19-11-17-41-40-16-7-9-20-45(40)52-48(41)44)39-29-24-35(25-30-39)36-26-31-43-47(32-36)51-46-21-10-8-18-42(46)50(43)37-14-5-2-6-15-37/h1-32H. The van der Waals surface area contributed by atoms with Crippen molar-refractivity contribution < 1.29 is 9.15 Å². The number of rotatable bonds is 6. The van der Waals surface area contributed by atoms with Crippen LogP contribution in [0.2, 0.25) is 0 Å². The van der Waals surface area contributed by atoms with Crippen LogP contribution in [0.15, 0.2) is 199 Å². The maximum Gasteiger partial charge on any atom is 0.159 e. The average Bonchev–Trinajstić information content (AvgIpc) is 3.61. The lowest BCUT2D eigenvalue weighted by Crippen LogP contribution is -2.15. The summed E-state index contributed by atoms with van der Waals surface area (Å²) in [4.78, 5) is 4.55. The van der Waals surface area contributed by atoms with E-state index in [1.54, 1.807) is 0 Å². The number of hydrogen-bond acceptors (Lipinski definition) is 4. The molecule has 0 fully saturated rings. The Labute approximate surface area is 302 Å². The van der Waals surface area contributed by atoms with E-state index in [4.69, 9.17) is 9.15 Å². The molecule has 0 aliphatic carbocycles. The fraction of sp³-hybridized carbons (Fsp3) is 0. The van der Waals surface area contributed by atoms with Crippen LogP contribution >= 0.6 is 0 Å². The normalized spacial score (nSPS) is 12.0. The Hall–Kier alpha value is -7.04. The summed E-state index contributed by atoms with van der Waals surface area (Å²) < 4.78 is 13.1. The van der Waals surface area contributed by atoms with Gasteiger partial charge in [-0.3, -0.25) is 0 Å². The SMILES string of the molecule is c1ccc(-c2ccc(N(c3ccc(-c4ccc5c(c4)Oc4ccccc4N5c4ccccc4)cc3)c3cccc4c3oc3ccccc34)cc2)cc1. The number of para-hydroxylation sites is 5. The van der Waals surface area contributed by atoms with Crippen LogP contribution in [0, 0.1) is 0 Å². The summed E-state index contributed by atoms with van der Waals surface area (Å²) >= 11 is 0. The summed E-state index contributed by atoms with van der Waals surface area (Å²) in [6.45, 7) is 0. The first-order valence-corrected chi connectivity index (χ1v) is 17.5. The Balaban J connectivity index is 1.06. The topological polar surface area (TPSA) is 28.9 Å². The quantitative estimate of drug-likeness (QED) is 0.176. The van der Waals surface area contributed by atoms with Crippen LogP contribution in [0.4, 0.5) is 34.1 Å². The summed E-state index contributed by atoms with van der Waals surface area (Å²) in [5.41, 5.74) is 12.5. The highest BCUT2D eigenvalue weighted by Crippen LogP contribution is 2.51. The molecule has 0 radical (unpaired) electrons. The smallest absolute Gasteiger partial charge is 0.159 e. The number of nitrogens with zero attached hydrogens (tertiary/aromatic N) is 2. The van der Waals surface area contributed by atoms with Gasteiger partial charge in [0.15, 0.2) is 17.1 Å². The summed E-state index contributed by atoms with van der Waals surface area (Å²) in [5.74, 6) is 1.65. The molecule has 1 aromatic heterocycles. The van der Waals surface area contributed by atoms with Crippen LogP contribution in [0.5, 0.6) is 11.5 Å². The molecule has 0 unspecified atom stereocenters. The summed E-state index contributed by atoms with van der Waals surface area (Å²) in [6.07, 6.45) is 0. The molecule has 4 nitrogen and oxygen atoms in total. The highest BCUT2D eigenvalue weighted by molar-refractivity contribution is 6.10. The van der Waals surface area contributed by atoms with E-state index in [0.29, 0.717) is 0 Å². The van der Waals surface area contributed by atoms with Crippen molar-refractivity contribution in [3.8, 4) is 33.8 Å². The van der Waals surface area contributed by atoms with Gasteiger partial charge in [-0.15, -0.1) is 0 Å². The Morgan fingerprint density at radius 2 is 0.981 bits per heavy atom. The maximum absolute atomic E-state index is 6.55. The third-order valence-corrected chi connectivity index (χ3v) is 9.86. The molecular weight excluding hydrogens is 637 g/mol. The highest BCUT2D eigenvalue weighted by Gasteiger charge is 2.26. The first kappa shape index (κ1) is 29.8. The monoisotopic (exact) mass is 668 g/mol. The fourth-order valence-electron chi connectivity index (χ4n) is 7.36. The molecule has 0 amide bonds. The van der Waals surface area contributed by atoms with Crippen LogP contribution in [-0.2, 0) is 0 Å². The van der Waals surface area contributed by atoms with Gasteiger partial charge in [-0.1, -0.05) is 121 Å². The molecule has 0 N–H and O–H groups in total. The van der Waals surface area contributed by atoms with Crippen molar-refractivity contribution in [3.63, 3.8) is 0 Å². The fourth-order valence-corrected chi connectivity index (χ4v) is 7.36. The number of ether oxygens (including phenoxy) is 1. The van der Waals surface area contributed by atoms with Gasteiger partial charge in [0.25, 0.3) is 0 Å². The van der Waals surface area contributed by atoms with Crippen molar-refractivity contribution in [1.29, 1.82) is 0 Å². The number of fused-ring (bicyclic) bond motifs is 5. The second kappa shape index (κ2) is 12.4. The molecule has 8 aromatic carbocycles. The molecule has 0 spiro atoms. The molecule has 9 aromatic rings. The molecule has 2 heterocycles. The van der Waals surface area contributed by atoms with Gasteiger partial charge >= 0.3 is 0 Å². The van der Waals surface area contributed by atoms with E-state index in [-0.39, 0.29) is 0 Å². The molecule has 0 bridgehead atoms. The van der Waals surface area contributed by atoms with Gasteiger partial charge in [-0.05, 0) is 95.1 Å². The zero-order chi connectivity index (χ0) is 34.4. The van der Waals surface area contributed by atoms with Gasteiger partial charge in [0.1, 0.15) is 5.58 Å². The minimum atomic E-state index is 0.820. The van der Waals surface area contributed by atoms with Gasteiger partial charge in [0.2, 0.25) is 0 Å². The molecule has 1 aliphatic heterocycles. The second-order valence-corrected chi connectivity index (χ2v) is 13.0. The summed E-state index contributed by atoms with van der Waals surface area (Å²) in [7, 11) is 0. The Morgan fingerprint density at radius 1 is 0.404 bits per heavy atom. The van der Waals surface area contributed by atoms with Crippen LogP contribution in [0.3, 0.4) is 0 Å². The molecular formula is C48H32N2O2. The Kier molecular flexibility index (Phi) is 7.10. The van der Waals surface area contributed by atoms with E-state index < -0.39 is 0 Å². The molecule has 52 heavy (non-hydrogen) atoms. The van der Waals surface area contributed by atoms with E-state index >= 15 is 0 Å². The van der Waals surface area contributed by atoms with Crippen molar-refractivity contribution >= 4 is 56.1 Å². The number of benzene rings is 8. The van der Waals surface area contributed by atoms with Gasteiger partial charge in [-0.25, -0.2) is 0 Å². The van der Waals surface area contributed by atoms with E-state index in [0.717, 1.165) is 78.7 Å². The van der Waals surface area contributed by atoms with E-state index in [9.17, 15) is 0 Å². The van der Waals surface area contributed by atoms with Crippen LogP contribution in [-0.4, -0.2) is 0 Å². The lowest BCUT2D eigenvalue weighted by atomic mass is 10.0. The largest absolute Gasteiger partial charge is 0.454 e. The molecule has 0 saturated carbocycles. The molecule has 0 atom stereocenters. The van der Waals surface area contributed by atoms with Crippen molar-refractivity contribution in [1.82, 2.24) is 0 Å². The van der Waals surface area contributed by atoms with Crippen molar-refractivity contribution in [2.45, 2.75) is 0 Å². The van der Waals surface area contributed by atoms with E-state index in [1.807, 2.05) is 36.4 Å². The van der Waals surface area contributed by atoms with E-state index in [2.05, 4.69) is 168 Å². The van der Waals surface area contributed by atoms with Gasteiger partial charge in [0, 0.05) is 27.8 Å². The first-order chi connectivity index (χ1) is 25.8. The Bertz CT molecular complexity index is 2700. The van der Waals surface area contributed by atoms with Gasteiger partial charge in [0.05, 0.1) is 17.1 Å². The predicted molar refractivity (Wildman–Crippen MR) is 214 cm³/mol. The third-order valence-electron chi connectivity index (χ3n) is 9.86.